The lowest BCUT2D eigenvalue weighted by atomic mass is 10.0. The van der Waals surface area contributed by atoms with Crippen molar-refractivity contribution in [2.75, 3.05) is 16.8 Å². The molecule has 1 N–H and O–H groups in total. The summed E-state index contributed by atoms with van der Waals surface area (Å²) in [5.74, 6) is 2.49. The fraction of sp³-hybridized carbons (Fsp3) is 0.368. The molecule has 3 rings (SSSR count). The molecule has 2 heterocycles. The minimum atomic E-state index is -0.141. The molecule has 4 nitrogen and oxygen atoms in total. The van der Waals surface area contributed by atoms with Crippen molar-refractivity contribution in [1.29, 1.82) is 0 Å². The van der Waals surface area contributed by atoms with E-state index in [1.54, 1.807) is 18.3 Å². The van der Waals surface area contributed by atoms with Crippen LogP contribution in [-0.4, -0.2) is 28.5 Å². The van der Waals surface area contributed by atoms with Gasteiger partial charge in [-0.05, 0) is 50.1 Å². The molecule has 126 valence electrons. The van der Waals surface area contributed by atoms with Crippen LogP contribution in [0.4, 0.5) is 5.69 Å². The van der Waals surface area contributed by atoms with Crippen molar-refractivity contribution >= 4 is 23.4 Å². The van der Waals surface area contributed by atoms with Crippen LogP contribution in [0.15, 0.2) is 30.5 Å². The van der Waals surface area contributed by atoms with E-state index in [0.717, 1.165) is 34.7 Å². The fourth-order valence-corrected chi connectivity index (χ4v) is 4.05. The summed E-state index contributed by atoms with van der Waals surface area (Å²) in [6, 6.07) is 7.57. The summed E-state index contributed by atoms with van der Waals surface area (Å²) in [7, 11) is 0. The third kappa shape index (κ3) is 3.90. The molecule has 1 atom stereocenters. The Labute approximate surface area is 147 Å². The van der Waals surface area contributed by atoms with Gasteiger partial charge in [-0.3, -0.25) is 4.79 Å². The molecule has 1 aromatic carbocycles. The first-order valence-corrected chi connectivity index (χ1v) is 9.28. The number of hydrogen-bond acceptors (Lipinski definition) is 4. The van der Waals surface area contributed by atoms with Crippen LogP contribution in [0.5, 0.6) is 5.88 Å². The van der Waals surface area contributed by atoms with Crippen molar-refractivity contribution in [3.8, 4) is 5.88 Å². The minimum Gasteiger partial charge on any atom is -0.473 e. The predicted octanol–water partition coefficient (Wildman–Crippen LogP) is 4.14. The van der Waals surface area contributed by atoms with Gasteiger partial charge in [0.05, 0.1) is 0 Å². The Balaban J connectivity index is 1.75. The van der Waals surface area contributed by atoms with Gasteiger partial charge in [0.15, 0.2) is 0 Å². The zero-order valence-electron chi connectivity index (χ0n) is 14.3. The van der Waals surface area contributed by atoms with Crippen molar-refractivity contribution in [2.24, 2.45) is 0 Å². The van der Waals surface area contributed by atoms with Gasteiger partial charge in [-0.1, -0.05) is 17.7 Å². The van der Waals surface area contributed by atoms with E-state index in [2.05, 4.69) is 29.4 Å². The molecule has 1 fully saturated rings. The average Bonchev–Trinajstić information content (AvgIpc) is 3.04. The summed E-state index contributed by atoms with van der Waals surface area (Å²) in [6.45, 7) is 6.07. The topological polar surface area (TPSA) is 51.2 Å². The van der Waals surface area contributed by atoms with E-state index in [1.165, 1.54) is 5.56 Å². The molecule has 1 aliphatic rings. The first-order valence-electron chi connectivity index (χ1n) is 8.12. The van der Waals surface area contributed by atoms with Crippen LogP contribution >= 0.6 is 11.8 Å². The molecule has 0 bridgehead atoms. The van der Waals surface area contributed by atoms with Gasteiger partial charge in [0.2, 0.25) is 5.88 Å². The number of thioether (sulfide) groups is 1. The van der Waals surface area contributed by atoms with E-state index < -0.39 is 0 Å². The highest BCUT2D eigenvalue weighted by atomic mass is 32.2. The van der Waals surface area contributed by atoms with E-state index in [1.807, 2.05) is 25.6 Å². The van der Waals surface area contributed by atoms with Gasteiger partial charge < -0.3 is 10.1 Å². The van der Waals surface area contributed by atoms with E-state index in [-0.39, 0.29) is 12.0 Å². The van der Waals surface area contributed by atoms with Crippen molar-refractivity contribution in [2.45, 2.75) is 33.3 Å². The summed E-state index contributed by atoms with van der Waals surface area (Å²) in [5.41, 5.74) is 4.75. The number of aromatic nitrogens is 1. The van der Waals surface area contributed by atoms with Crippen LogP contribution < -0.4 is 10.1 Å². The van der Waals surface area contributed by atoms with Crippen molar-refractivity contribution < 1.29 is 9.53 Å². The summed E-state index contributed by atoms with van der Waals surface area (Å²) in [4.78, 5) is 16.8. The molecule has 1 aromatic heterocycles. The van der Waals surface area contributed by atoms with Crippen molar-refractivity contribution in [3.63, 3.8) is 0 Å². The van der Waals surface area contributed by atoms with Crippen LogP contribution in [0.25, 0.3) is 0 Å². The van der Waals surface area contributed by atoms with Gasteiger partial charge in [0, 0.05) is 29.3 Å². The SMILES string of the molecule is Cc1cc(C)c(NC(=O)c2ccnc(OC3CCSC3)c2)c(C)c1. The minimum absolute atomic E-state index is 0.141. The van der Waals surface area contributed by atoms with Crippen LogP contribution in [0.2, 0.25) is 0 Å². The molecular weight excluding hydrogens is 320 g/mol. The molecule has 0 radical (unpaired) electrons. The Morgan fingerprint density at radius 1 is 1.25 bits per heavy atom. The smallest absolute Gasteiger partial charge is 0.255 e. The van der Waals surface area contributed by atoms with E-state index in [4.69, 9.17) is 4.74 Å². The Bertz CT molecular complexity index is 732. The molecule has 1 unspecified atom stereocenters. The number of anilines is 1. The van der Waals surface area contributed by atoms with E-state index in [9.17, 15) is 4.79 Å². The van der Waals surface area contributed by atoms with Crippen LogP contribution in [-0.2, 0) is 0 Å². The predicted molar refractivity (Wildman–Crippen MR) is 99.2 cm³/mol. The number of benzene rings is 1. The van der Waals surface area contributed by atoms with Crippen LogP contribution in [0.3, 0.4) is 0 Å². The average molecular weight is 342 g/mol. The standard InChI is InChI=1S/C19H22N2O2S/c1-12-8-13(2)18(14(3)9-12)21-19(22)15-4-6-20-17(10-15)23-16-5-7-24-11-16/h4,6,8-10,16H,5,7,11H2,1-3H3,(H,21,22). The maximum Gasteiger partial charge on any atom is 0.255 e. The number of ether oxygens (including phenoxy) is 1. The summed E-state index contributed by atoms with van der Waals surface area (Å²) in [6.07, 6.45) is 2.86. The number of rotatable bonds is 4. The molecule has 5 heteroatoms. The zero-order valence-corrected chi connectivity index (χ0v) is 15.1. The Kier molecular flexibility index (Phi) is 5.09. The zero-order chi connectivity index (χ0) is 17.1. The second-order valence-electron chi connectivity index (χ2n) is 6.21. The molecular formula is C19H22N2O2S. The number of carbonyl (C=O) groups is 1. The third-order valence-electron chi connectivity index (χ3n) is 4.09. The molecule has 0 saturated carbocycles. The molecule has 1 aliphatic heterocycles. The first-order chi connectivity index (χ1) is 11.5. The van der Waals surface area contributed by atoms with Gasteiger partial charge in [-0.15, -0.1) is 0 Å². The van der Waals surface area contributed by atoms with Gasteiger partial charge >= 0.3 is 0 Å². The molecule has 0 aliphatic carbocycles. The number of nitrogens with zero attached hydrogens (tertiary/aromatic N) is 1. The number of hydrogen-bond donors (Lipinski definition) is 1. The fourth-order valence-electron chi connectivity index (χ4n) is 2.95. The van der Waals surface area contributed by atoms with Gasteiger partial charge in [-0.2, -0.15) is 11.8 Å². The number of aryl methyl sites for hydroxylation is 3. The van der Waals surface area contributed by atoms with E-state index in [0.29, 0.717) is 11.4 Å². The Hall–Kier alpha value is -2.01. The van der Waals surface area contributed by atoms with Crippen molar-refractivity contribution in [1.82, 2.24) is 4.98 Å². The van der Waals surface area contributed by atoms with Crippen molar-refractivity contribution in [3.05, 3.63) is 52.7 Å². The van der Waals surface area contributed by atoms with Gasteiger partial charge in [-0.25, -0.2) is 4.98 Å². The summed E-state index contributed by atoms with van der Waals surface area (Å²) < 4.78 is 5.87. The Morgan fingerprint density at radius 3 is 2.67 bits per heavy atom. The quantitative estimate of drug-likeness (QED) is 0.907. The van der Waals surface area contributed by atoms with Gasteiger partial charge in [0.1, 0.15) is 6.10 Å². The molecule has 0 spiro atoms. The number of carbonyl (C=O) groups excluding carboxylic acids is 1. The second-order valence-corrected chi connectivity index (χ2v) is 7.36. The second kappa shape index (κ2) is 7.26. The van der Waals surface area contributed by atoms with Crippen LogP contribution in [0.1, 0.15) is 33.5 Å². The lowest BCUT2D eigenvalue weighted by molar-refractivity contribution is 0.102. The normalized spacial score (nSPS) is 16.9. The van der Waals surface area contributed by atoms with Crippen LogP contribution in [0, 0.1) is 20.8 Å². The lowest BCUT2D eigenvalue weighted by Gasteiger charge is -2.14. The highest BCUT2D eigenvalue weighted by Gasteiger charge is 2.18. The summed E-state index contributed by atoms with van der Waals surface area (Å²) >= 11 is 1.89. The Morgan fingerprint density at radius 2 is 2.00 bits per heavy atom. The monoisotopic (exact) mass is 342 g/mol. The maximum absolute atomic E-state index is 12.6. The molecule has 1 amide bonds. The summed E-state index contributed by atoms with van der Waals surface area (Å²) in [5, 5.41) is 3.02. The third-order valence-corrected chi connectivity index (χ3v) is 5.22. The highest BCUT2D eigenvalue weighted by Crippen LogP contribution is 2.24. The number of nitrogens with one attached hydrogen (secondary N) is 1. The maximum atomic E-state index is 12.6. The highest BCUT2D eigenvalue weighted by molar-refractivity contribution is 7.99. The molecule has 2 aromatic rings. The lowest BCUT2D eigenvalue weighted by Crippen LogP contribution is -2.17. The largest absolute Gasteiger partial charge is 0.473 e. The molecule has 1 saturated heterocycles. The number of pyridine rings is 1. The number of amides is 1. The first kappa shape index (κ1) is 16.8. The van der Waals surface area contributed by atoms with E-state index >= 15 is 0 Å². The molecule has 24 heavy (non-hydrogen) atoms. The van der Waals surface area contributed by atoms with Gasteiger partial charge in [0.25, 0.3) is 5.91 Å².